The summed E-state index contributed by atoms with van der Waals surface area (Å²) in [6.07, 6.45) is 2.50. The Labute approximate surface area is 91.0 Å². The van der Waals surface area contributed by atoms with Gasteiger partial charge in [0.15, 0.2) is 11.5 Å². The van der Waals surface area contributed by atoms with Crippen LogP contribution in [0.5, 0.6) is 11.5 Å². The lowest BCUT2D eigenvalue weighted by Crippen LogP contribution is -2.23. The molecule has 3 nitrogen and oxygen atoms in total. The molecule has 1 saturated heterocycles. The SMILES string of the molecule is C[C@@H]1CCCN1P1Oc2ccccc2O1. The lowest BCUT2D eigenvalue weighted by Gasteiger charge is -2.23. The smallest absolute Gasteiger partial charge is 0.385 e. The Morgan fingerprint density at radius 3 is 2.47 bits per heavy atom. The minimum atomic E-state index is -0.879. The zero-order valence-electron chi connectivity index (χ0n) is 8.72. The summed E-state index contributed by atoms with van der Waals surface area (Å²) < 4.78 is 14.0. The van der Waals surface area contributed by atoms with E-state index < -0.39 is 8.53 Å². The van der Waals surface area contributed by atoms with E-state index in [2.05, 4.69) is 11.6 Å². The number of para-hydroxylation sites is 2. The van der Waals surface area contributed by atoms with Gasteiger partial charge in [-0.3, -0.25) is 0 Å². The fraction of sp³-hybridized carbons (Fsp3) is 0.455. The predicted octanol–water partition coefficient (Wildman–Crippen LogP) is 3.17. The number of hydrogen-bond donors (Lipinski definition) is 0. The molecule has 3 rings (SSSR count). The molecular formula is C11H14NO2P. The first-order chi connectivity index (χ1) is 7.34. The van der Waals surface area contributed by atoms with Crippen LogP contribution >= 0.6 is 8.53 Å². The number of hydrogen-bond acceptors (Lipinski definition) is 3. The third-order valence-corrected chi connectivity index (χ3v) is 4.65. The first-order valence-electron chi connectivity index (χ1n) is 5.36. The fourth-order valence-corrected chi connectivity index (χ4v) is 3.68. The highest BCUT2D eigenvalue weighted by Crippen LogP contribution is 2.56. The molecular weight excluding hydrogens is 209 g/mol. The topological polar surface area (TPSA) is 21.7 Å². The van der Waals surface area contributed by atoms with Crippen LogP contribution in [0, 0.1) is 0 Å². The number of nitrogens with zero attached hydrogens (tertiary/aromatic N) is 1. The maximum absolute atomic E-state index is 5.83. The second kappa shape index (κ2) is 3.66. The largest absolute Gasteiger partial charge is 0.423 e. The number of benzene rings is 1. The monoisotopic (exact) mass is 223 g/mol. The molecule has 1 atom stereocenters. The first-order valence-corrected chi connectivity index (χ1v) is 6.49. The minimum Gasteiger partial charge on any atom is -0.423 e. The van der Waals surface area contributed by atoms with Gasteiger partial charge < -0.3 is 9.05 Å². The van der Waals surface area contributed by atoms with E-state index in [1.165, 1.54) is 12.8 Å². The van der Waals surface area contributed by atoms with E-state index >= 15 is 0 Å². The van der Waals surface area contributed by atoms with Crippen molar-refractivity contribution in [1.29, 1.82) is 0 Å². The van der Waals surface area contributed by atoms with Crippen LogP contribution in [0.2, 0.25) is 0 Å². The number of rotatable bonds is 1. The molecule has 4 heteroatoms. The third-order valence-electron chi connectivity index (χ3n) is 2.93. The van der Waals surface area contributed by atoms with Crippen molar-refractivity contribution in [3.05, 3.63) is 24.3 Å². The van der Waals surface area contributed by atoms with Crippen molar-refractivity contribution in [2.45, 2.75) is 25.8 Å². The van der Waals surface area contributed by atoms with Gasteiger partial charge in [0.1, 0.15) is 0 Å². The Bertz CT molecular complexity index is 346. The van der Waals surface area contributed by atoms with Crippen LogP contribution in [0.4, 0.5) is 0 Å². The summed E-state index contributed by atoms with van der Waals surface area (Å²) in [6.45, 7) is 3.34. The molecule has 1 aromatic carbocycles. The van der Waals surface area contributed by atoms with Gasteiger partial charge in [-0.2, -0.15) is 0 Å². The van der Waals surface area contributed by atoms with Gasteiger partial charge in [-0.1, -0.05) is 12.1 Å². The molecule has 0 unspecified atom stereocenters. The lowest BCUT2D eigenvalue weighted by atomic mass is 10.3. The number of fused-ring (bicyclic) bond motifs is 1. The zero-order valence-corrected chi connectivity index (χ0v) is 9.61. The molecule has 2 aliphatic rings. The summed E-state index contributed by atoms with van der Waals surface area (Å²) in [5, 5.41) is 0. The second-order valence-electron chi connectivity index (χ2n) is 4.02. The highest BCUT2D eigenvalue weighted by Gasteiger charge is 2.37. The maximum Gasteiger partial charge on any atom is 0.385 e. The Balaban J connectivity index is 1.78. The van der Waals surface area contributed by atoms with Gasteiger partial charge in [0.25, 0.3) is 0 Å². The van der Waals surface area contributed by atoms with E-state index in [9.17, 15) is 0 Å². The Kier molecular flexibility index (Phi) is 2.30. The molecule has 0 spiro atoms. The molecule has 1 fully saturated rings. The molecule has 0 radical (unpaired) electrons. The molecule has 15 heavy (non-hydrogen) atoms. The van der Waals surface area contributed by atoms with E-state index in [1.54, 1.807) is 0 Å². The summed E-state index contributed by atoms with van der Waals surface area (Å²) in [7, 11) is -0.879. The normalized spacial score (nSPS) is 26.1. The van der Waals surface area contributed by atoms with Crippen molar-refractivity contribution in [3.8, 4) is 11.5 Å². The highest BCUT2D eigenvalue weighted by atomic mass is 31.2. The molecule has 0 aromatic heterocycles. The van der Waals surface area contributed by atoms with Crippen molar-refractivity contribution in [3.63, 3.8) is 0 Å². The molecule has 0 aliphatic carbocycles. The van der Waals surface area contributed by atoms with E-state index in [4.69, 9.17) is 9.05 Å². The Hall–Kier alpha value is -0.790. The first kappa shape index (κ1) is 9.44. The van der Waals surface area contributed by atoms with Crippen LogP contribution in [-0.4, -0.2) is 17.3 Å². The molecule has 80 valence electrons. The molecule has 0 bridgehead atoms. The highest BCUT2D eigenvalue weighted by molar-refractivity contribution is 7.45. The van der Waals surface area contributed by atoms with Crippen LogP contribution in [0.15, 0.2) is 24.3 Å². The molecule has 0 N–H and O–H groups in total. The lowest BCUT2D eigenvalue weighted by molar-refractivity contribution is 0.374. The van der Waals surface area contributed by atoms with Crippen LogP contribution < -0.4 is 9.05 Å². The molecule has 2 heterocycles. The van der Waals surface area contributed by atoms with E-state index in [1.807, 2.05) is 24.3 Å². The van der Waals surface area contributed by atoms with Crippen LogP contribution in [-0.2, 0) is 0 Å². The molecule has 2 aliphatic heterocycles. The minimum absolute atomic E-state index is 0.588. The average Bonchev–Trinajstić information content (AvgIpc) is 2.82. The van der Waals surface area contributed by atoms with Crippen molar-refractivity contribution in [1.82, 2.24) is 4.67 Å². The summed E-state index contributed by atoms with van der Waals surface area (Å²) in [5.74, 6) is 1.78. The third kappa shape index (κ3) is 1.60. The summed E-state index contributed by atoms with van der Waals surface area (Å²) >= 11 is 0. The van der Waals surface area contributed by atoms with Crippen LogP contribution in [0.25, 0.3) is 0 Å². The van der Waals surface area contributed by atoms with Crippen molar-refractivity contribution < 1.29 is 9.05 Å². The quantitative estimate of drug-likeness (QED) is 0.682. The summed E-state index contributed by atoms with van der Waals surface area (Å²) in [5.41, 5.74) is 0. The van der Waals surface area contributed by atoms with Gasteiger partial charge in [-0.15, -0.1) is 0 Å². The van der Waals surface area contributed by atoms with Crippen molar-refractivity contribution >= 4 is 8.53 Å². The fourth-order valence-electron chi connectivity index (χ4n) is 2.05. The Morgan fingerprint density at radius 1 is 1.27 bits per heavy atom. The van der Waals surface area contributed by atoms with Gasteiger partial charge in [0.05, 0.1) is 0 Å². The Morgan fingerprint density at radius 2 is 1.93 bits per heavy atom. The van der Waals surface area contributed by atoms with Crippen LogP contribution in [0.3, 0.4) is 0 Å². The molecule has 0 amide bonds. The van der Waals surface area contributed by atoms with Gasteiger partial charge in [-0.25, -0.2) is 4.67 Å². The van der Waals surface area contributed by atoms with E-state index in [0.717, 1.165) is 18.0 Å². The van der Waals surface area contributed by atoms with E-state index in [-0.39, 0.29) is 0 Å². The van der Waals surface area contributed by atoms with Crippen molar-refractivity contribution in [2.24, 2.45) is 0 Å². The average molecular weight is 223 g/mol. The zero-order chi connectivity index (χ0) is 10.3. The van der Waals surface area contributed by atoms with Gasteiger partial charge in [-0.05, 0) is 31.9 Å². The second-order valence-corrected chi connectivity index (χ2v) is 5.38. The summed E-state index contributed by atoms with van der Waals surface area (Å²) in [4.78, 5) is 0. The predicted molar refractivity (Wildman–Crippen MR) is 60.0 cm³/mol. The standard InChI is InChI=1S/C11H14NO2P/c1-9-5-4-8-12(9)15-13-10-6-2-3-7-11(10)14-15/h2-3,6-7,9H,4-5,8H2,1H3/t9-/m1/s1. The van der Waals surface area contributed by atoms with Crippen LogP contribution in [0.1, 0.15) is 19.8 Å². The van der Waals surface area contributed by atoms with Gasteiger partial charge in [0.2, 0.25) is 0 Å². The maximum atomic E-state index is 5.83. The van der Waals surface area contributed by atoms with Gasteiger partial charge >= 0.3 is 8.53 Å². The van der Waals surface area contributed by atoms with E-state index in [0.29, 0.717) is 6.04 Å². The summed E-state index contributed by atoms with van der Waals surface area (Å²) in [6, 6.07) is 8.49. The molecule has 1 aromatic rings. The van der Waals surface area contributed by atoms with Gasteiger partial charge in [0, 0.05) is 12.6 Å². The molecule has 0 saturated carbocycles. The van der Waals surface area contributed by atoms with Crippen molar-refractivity contribution in [2.75, 3.05) is 6.54 Å².